The highest BCUT2D eigenvalue weighted by Crippen LogP contribution is 2.24. The summed E-state index contributed by atoms with van der Waals surface area (Å²) in [5, 5.41) is 0. The van der Waals surface area contributed by atoms with Crippen molar-refractivity contribution in [3.63, 3.8) is 0 Å². The number of carbonyl (C=O) groups excluding carboxylic acids is 1. The molecular formula is C15H14BrNO2. The minimum atomic E-state index is -0.353. The molecule has 0 N–H and O–H groups in total. The van der Waals surface area contributed by atoms with Crippen LogP contribution in [0.15, 0.2) is 41.0 Å². The minimum absolute atomic E-state index is 0.353. The minimum Gasteiger partial charge on any atom is -0.465 e. The van der Waals surface area contributed by atoms with Crippen molar-refractivity contribution < 1.29 is 9.53 Å². The van der Waals surface area contributed by atoms with E-state index in [1.54, 1.807) is 18.3 Å². The van der Waals surface area contributed by atoms with Crippen molar-refractivity contribution in [3.05, 3.63) is 52.1 Å². The summed E-state index contributed by atoms with van der Waals surface area (Å²) in [6.45, 7) is 2.10. The van der Waals surface area contributed by atoms with Gasteiger partial charge in [-0.3, -0.25) is 4.98 Å². The lowest BCUT2D eigenvalue weighted by molar-refractivity contribution is 0.0600. The zero-order valence-electron chi connectivity index (χ0n) is 10.8. The molecule has 0 aliphatic carbocycles. The number of methoxy groups -OCH3 is 1. The maximum absolute atomic E-state index is 11.6. The number of aryl methyl sites for hydroxylation is 1. The van der Waals surface area contributed by atoms with Crippen molar-refractivity contribution in [1.82, 2.24) is 4.98 Å². The maximum atomic E-state index is 11.6. The summed E-state index contributed by atoms with van der Waals surface area (Å²) in [5.74, 6) is -0.353. The van der Waals surface area contributed by atoms with Crippen LogP contribution in [-0.4, -0.2) is 18.1 Å². The predicted octanol–water partition coefficient (Wildman–Crippen LogP) is 3.86. The van der Waals surface area contributed by atoms with Crippen LogP contribution < -0.4 is 0 Å². The maximum Gasteiger partial charge on any atom is 0.337 e. The second kappa shape index (κ2) is 5.97. The monoisotopic (exact) mass is 319 g/mol. The van der Waals surface area contributed by atoms with Gasteiger partial charge in [0, 0.05) is 16.2 Å². The highest BCUT2D eigenvalue weighted by Gasteiger charge is 2.10. The van der Waals surface area contributed by atoms with E-state index >= 15 is 0 Å². The summed E-state index contributed by atoms with van der Waals surface area (Å²) in [7, 11) is 1.37. The van der Waals surface area contributed by atoms with Gasteiger partial charge in [0.05, 0.1) is 18.4 Å². The second-order valence-corrected chi connectivity index (χ2v) is 5.04. The van der Waals surface area contributed by atoms with Crippen molar-refractivity contribution in [2.24, 2.45) is 0 Å². The third-order valence-corrected chi connectivity index (χ3v) is 3.31. The summed E-state index contributed by atoms with van der Waals surface area (Å²) in [5.41, 5.74) is 3.47. The average Bonchev–Trinajstić information content (AvgIpc) is 2.45. The summed E-state index contributed by atoms with van der Waals surface area (Å²) in [4.78, 5) is 16.0. The van der Waals surface area contributed by atoms with Crippen LogP contribution in [0, 0.1) is 0 Å². The Hall–Kier alpha value is -1.68. The van der Waals surface area contributed by atoms with Crippen LogP contribution in [0.5, 0.6) is 0 Å². The van der Waals surface area contributed by atoms with Crippen LogP contribution in [0.3, 0.4) is 0 Å². The molecule has 0 aliphatic rings. The molecule has 0 amide bonds. The van der Waals surface area contributed by atoms with E-state index in [2.05, 4.69) is 27.8 Å². The van der Waals surface area contributed by atoms with Gasteiger partial charge in [-0.25, -0.2) is 4.79 Å². The van der Waals surface area contributed by atoms with Gasteiger partial charge in [-0.1, -0.05) is 22.9 Å². The topological polar surface area (TPSA) is 39.2 Å². The molecule has 0 saturated carbocycles. The third-order valence-electron chi connectivity index (χ3n) is 2.85. The fourth-order valence-electron chi connectivity index (χ4n) is 1.83. The molecule has 2 aromatic rings. The van der Waals surface area contributed by atoms with Crippen molar-refractivity contribution in [1.29, 1.82) is 0 Å². The zero-order valence-corrected chi connectivity index (χ0v) is 12.4. The van der Waals surface area contributed by atoms with Crippen LogP contribution in [0.1, 0.15) is 22.8 Å². The van der Waals surface area contributed by atoms with Gasteiger partial charge in [0.1, 0.15) is 0 Å². The molecule has 0 fully saturated rings. The van der Waals surface area contributed by atoms with Crippen molar-refractivity contribution in [3.8, 4) is 11.3 Å². The Bertz CT molecular complexity index is 611. The fraction of sp³-hybridized carbons (Fsp3) is 0.200. The molecule has 98 valence electrons. The Morgan fingerprint density at radius 3 is 2.79 bits per heavy atom. The number of hydrogen-bond donors (Lipinski definition) is 0. The van der Waals surface area contributed by atoms with E-state index in [0.717, 1.165) is 22.2 Å². The molecule has 0 atom stereocenters. The average molecular weight is 320 g/mol. The first-order valence-corrected chi connectivity index (χ1v) is 6.77. The number of esters is 1. The Balaban J connectivity index is 2.49. The standard InChI is InChI=1S/C15H14BrNO2/c1-3-10-4-5-17-14(6-10)11-7-12(15(18)19-2)9-13(16)8-11/h4-9H,3H2,1-2H3. The summed E-state index contributed by atoms with van der Waals surface area (Å²) >= 11 is 3.41. The molecule has 4 heteroatoms. The van der Waals surface area contributed by atoms with E-state index in [4.69, 9.17) is 4.74 Å². The predicted molar refractivity (Wildman–Crippen MR) is 78.1 cm³/mol. The molecule has 19 heavy (non-hydrogen) atoms. The van der Waals surface area contributed by atoms with Gasteiger partial charge in [0.2, 0.25) is 0 Å². The molecule has 1 heterocycles. The highest BCUT2D eigenvalue weighted by molar-refractivity contribution is 9.10. The molecule has 0 aliphatic heterocycles. The van der Waals surface area contributed by atoms with Gasteiger partial charge in [0.15, 0.2) is 0 Å². The van der Waals surface area contributed by atoms with Crippen LogP contribution in [0.25, 0.3) is 11.3 Å². The first-order valence-electron chi connectivity index (χ1n) is 5.98. The van der Waals surface area contributed by atoms with Crippen molar-refractivity contribution in [2.75, 3.05) is 7.11 Å². The van der Waals surface area contributed by atoms with E-state index < -0.39 is 0 Å². The number of ether oxygens (including phenoxy) is 1. The normalized spacial score (nSPS) is 10.3. The van der Waals surface area contributed by atoms with Crippen LogP contribution >= 0.6 is 15.9 Å². The zero-order chi connectivity index (χ0) is 13.8. The largest absolute Gasteiger partial charge is 0.465 e. The lowest BCUT2D eigenvalue weighted by Crippen LogP contribution is -2.01. The van der Waals surface area contributed by atoms with Crippen molar-refractivity contribution in [2.45, 2.75) is 13.3 Å². The highest BCUT2D eigenvalue weighted by atomic mass is 79.9. The van der Waals surface area contributed by atoms with E-state index in [9.17, 15) is 4.79 Å². The number of carbonyl (C=O) groups is 1. The van der Waals surface area contributed by atoms with Crippen LogP contribution in [0.2, 0.25) is 0 Å². The Morgan fingerprint density at radius 2 is 2.11 bits per heavy atom. The molecule has 2 rings (SSSR count). The first kappa shape index (κ1) is 13.7. The first-order chi connectivity index (χ1) is 9.13. The molecule has 0 bridgehead atoms. The quantitative estimate of drug-likeness (QED) is 0.806. The molecule has 1 aromatic heterocycles. The number of hydrogen-bond acceptors (Lipinski definition) is 3. The number of rotatable bonds is 3. The number of aromatic nitrogens is 1. The summed E-state index contributed by atoms with van der Waals surface area (Å²) < 4.78 is 5.57. The molecule has 0 unspecified atom stereocenters. The molecule has 0 spiro atoms. The fourth-order valence-corrected chi connectivity index (χ4v) is 2.32. The Morgan fingerprint density at radius 1 is 1.32 bits per heavy atom. The van der Waals surface area contributed by atoms with E-state index in [0.29, 0.717) is 5.56 Å². The Kier molecular flexibility index (Phi) is 4.32. The molecule has 1 aromatic carbocycles. The van der Waals surface area contributed by atoms with Crippen LogP contribution in [0.4, 0.5) is 0 Å². The lowest BCUT2D eigenvalue weighted by Gasteiger charge is -2.06. The molecule has 3 nitrogen and oxygen atoms in total. The molecule has 0 radical (unpaired) electrons. The second-order valence-electron chi connectivity index (χ2n) is 4.12. The lowest BCUT2D eigenvalue weighted by atomic mass is 10.1. The summed E-state index contributed by atoms with van der Waals surface area (Å²) in [6, 6.07) is 9.48. The third kappa shape index (κ3) is 3.20. The molecular weight excluding hydrogens is 306 g/mol. The number of pyridine rings is 1. The van der Waals surface area contributed by atoms with E-state index in [1.165, 1.54) is 12.7 Å². The van der Waals surface area contributed by atoms with Crippen molar-refractivity contribution >= 4 is 21.9 Å². The molecule has 0 saturated heterocycles. The number of halogens is 1. The van der Waals surface area contributed by atoms with Gasteiger partial charge in [-0.2, -0.15) is 0 Å². The van der Waals surface area contributed by atoms with Gasteiger partial charge >= 0.3 is 5.97 Å². The smallest absolute Gasteiger partial charge is 0.337 e. The Labute approximate surface area is 120 Å². The van der Waals surface area contributed by atoms with Gasteiger partial charge in [-0.05, 0) is 42.3 Å². The SMILES string of the molecule is CCc1ccnc(-c2cc(Br)cc(C(=O)OC)c2)c1. The van der Waals surface area contributed by atoms with E-state index in [-0.39, 0.29) is 5.97 Å². The number of nitrogens with zero attached hydrogens (tertiary/aromatic N) is 1. The summed E-state index contributed by atoms with van der Waals surface area (Å²) in [6.07, 6.45) is 2.74. The van der Waals surface area contributed by atoms with Gasteiger partial charge in [0.25, 0.3) is 0 Å². The van der Waals surface area contributed by atoms with Gasteiger partial charge in [-0.15, -0.1) is 0 Å². The van der Waals surface area contributed by atoms with E-state index in [1.807, 2.05) is 18.2 Å². The number of benzene rings is 1. The van der Waals surface area contributed by atoms with Gasteiger partial charge < -0.3 is 4.74 Å². The van der Waals surface area contributed by atoms with Crippen LogP contribution in [-0.2, 0) is 11.2 Å².